The van der Waals surface area contributed by atoms with Gasteiger partial charge in [-0.3, -0.25) is 4.79 Å². The van der Waals surface area contributed by atoms with E-state index < -0.39 is 10.0 Å². The number of aryl methyl sites for hydroxylation is 1. The highest BCUT2D eigenvalue weighted by atomic mass is 32.2. The quantitative estimate of drug-likeness (QED) is 0.606. The van der Waals surface area contributed by atoms with E-state index in [1.54, 1.807) is 20.1 Å². The maximum Gasteiger partial charge on any atom is 0.251 e. The van der Waals surface area contributed by atoms with Crippen LogP contribution in [-0.4, -0.2) is 53.8 Å². The van der Waals surface area contributed by atoms with E-state index in [1.807, 2.05) is 0 Å². The van der Waals surface area contributed by atoms with Gasteiger partial charge in [0, 0.05) is 25.3 Å². The predicted octanol–water partition coefficient (Wildman–Crippen LogP) is 0.829. The molecule has 1 aliphatic rings. The number of carbonyl (C=O) groups is 1. The van der Waals surface area contributed by atoms with Crippen molar-refractivity contribution in [2.24, 2.45) is 0 Å². The molecule has 0 saturated heterocycles. The minimum atomic E-state index is -3.57. The Bertz CT molecular complexity index is 671. The van der Waals surface area contributed by atoms with Crippen LogP contribution < -0.4 is 10.0 Å². The van der Waals surface area contributed by atoms with Gasteiger partial charge in [-0.25, -0.2) is 13.1 Å². The summed E-state index contributed by atoms with van der Waals surface area (Å²) < 4.78 is 37.3. The molecular weight excluding hydrogens is 332 g/mol. The van der Waals surface area contributed by atoms with Gasteiger partial charge in [0.15, 0.2) is 0 Å². The lowest BCUT2D eigenvalue weighted by Gasteiger charge is -2.11. The highest BCUT2D eigenvalue weighted by molar-refractivity contribution is 7.89. The molecule has 134 valence electrons. The van der Waals surface area contributed by atoms with E-state index >= 15 is 0 Å². The summed E-state index contributed by atoms with van der Waals surface area (Å²) >= 11 is 0. The zero-order chi connectivity index (χ0) is 17.6. The Kier molecular flexibility index (Phi) is 6.73. The fourth-order valence-electron chi connectivity index (χ4n) is 2.08. The minimum absolute atomic E-state index is 0.0258. The van der Waals surface area contributed by atoms with Crippen LogP contribution in [0.25, 0.3) is 0 Å². The molecule has 0 radical (unpaired) electrons. The lowest BCUT2D eigenvalue weighted by atomic mass is 10.1. The molecule has 0 atom stereocenters. The molecule has 0 spiro atoms. The topological polar surface area (TPSA) is 93.7 Å². The first kappa shape index (κ1) is 18.9. The number of hydrogen-bond acceptors (Lipinski definition) is 5. The molecular formula is C16H24N2O5S. The molecule has 1 amide bonds. The highest BCUT2D eigenvalue weighted by Crippen LogP contribution is 2.23. The lowest BCUT2D eigenvalue weighted by molar-refractivity contribution is 0.0692. The Balaban J connectivity index is 1.96. The van der Waals surface area contributed by atoms with Crippen LogP contribution in [-0.2, 0) is 19.5 Å². The summed E-state index contributed by atoms with van der Waals surface area (Å²) in [6.45, 7) is 3.45. The SMILES string of the molecule is COCCOCCNC(=O)c1cc(S(=O)(=O)NC2CC2)ccc1C. The number of ether oxygens (including phenoxy) is 2. The number of nitrogens with one attached hydrogen (secondary N) is 2. The Morgan fingerprint density at radius 3 is 2.67 bits per heavy atom. The normalized spacial score (nSPS) is 14.6. The largest absolute Gasteiger partial charge is 0.382 e. The van der Waals surface area contributed by atoms with Gasteiger partial charge in [-0.05, 0) is 37.5 Å². The van der Waals surface area contributed by atoms with E-state index in [0.717, 1.165) is 18.4 Å². The van der Waals surface area contributed by atoms with Crippen molar-refractivity contribution < 1.29 is 22.7 Å². The van der Waals surface area contributed by atoms with E-state index in [4.69, 9.17) is 9.47 Å². The third kappa shape index (κ3) is 5.55. The van der Waals surface area contributed by atoms with Crippen molar-refractivity contribution in [1.29, 1.82) is 0 Å². The summed E-state index contributed by atoms with van der Waals surface area (Å²) in [5, 5.41) is 2.73. The van der Waals surface area contributed by atoms with Gasteiger partial charge < -0.3 is 14.8 Å². The van der Waals surface area contributed by atoms with Crippen molar-refractivity contribution >= 4 is 15.9 Å². The summed E-state index contributed by atoms with van der Waals surface area (Å²) in [6.07, 6.45) is 1.73. The van der Waals surface area contributed by atoms with Crippen LogP contribution in [0.1, 0.15) is 28.8 Å². The smallest absolute Gasteiger partial charge is 0.251 e. The first-order valence-corrected chi connectivity index (χ1v) is 9.40. The van der Waals surface area contributed by atoms with Crippen molar-refractivity contribution in [3.05, 3.63) is 29.3 Å². The molecule has 0 aromatic heterocycles. The van der Waals surface area contributed by atoms with Gasteiger partial charge in [0.2, 0.25) is 10.0 Å². The van der Waals surface area contributed by atoms with Crippen LogP contribution in [0.15, 0.2) is 23.1 Å². The number of benzene rings is 1. The van der Waals surface area contributed by atoms with E-state index in [9.17, 15) is 13.2 Å². The van der Waals surface area contributed by atoms with Crippen molar-refractivity contribution in [3.8, 4) is 0 Å². The Morgan fingerprint density at radius 1 is 1.25 bits per heavy atom. The van der Waals surface area contributed by atoms with Crippen LogP contribution in [0, 0.1) is 6.92 Å². The maximum absolute atomic E-state index is 12.3. The van der Waals surface area contributed by atoms with E-state index in [2.05, 4.69) is 10.0 Å². The summed E-state index contributed by atoms with van der Waals surface area (Å²) in [7, 11) is -1.98. The summed E-state index contributed by atoms with van der Waals surface area (Å²) in [6, 6.07) is 4.61. The molecule has 0 aliphatic heterocycles. The molecule has 1 fully saturated rings. The minimum Gasteiger partial charge on any atom is -0.382 e. The van der Waals surface area contributed by atoms with Gasteiger partial charge in [0.05, 0.1) is 24.7 Å². The molecule has 7 nitrogen and oxygen atoms in total. The van der Waals surface area contributed by atoms with Crippen molar-refractivity contribution in [1.82, 2.24) is 10.0 Å². The third-order valence-electron chi connectivity index (χ3n) is 3.63. The maximum atomic E-state index is 12.3. The Hall–Kier alpha value is -1.48. The monoisotopic (exact) mass is 356 g/mol. The summed E-state index contributed by atoms with van der Waals surface area (Å²) in [5.41, 5.74) is 1.07. The van der Waals surface area contributed by atoms with Crippen molar-refractivity contribution in [2.45, 2.75) is 30.7 Å². The molecule has 8 heteroatoms. The van der Waals surface area contributed by atoms with Crippen LogP contribution in [0.3, 0.4) is 0 Å². The fourth-order valence-corrected chi connectivity index (χ4v) is 3.41. The molecule has 24 heavy (non-hydrogen) atoms. The standard InChI is InChI=1S/C16H24N2O5S/c1-12-3-6-14(24(20,21)18-13-4-5-13)11-15(12)16(19)17-7-8-23-10-9-22-2/h3,6,11,13,18H,4-5,7-10H2,1-2H3,(H,17,19). The van der Waals surface area contributed by atoms with Crippen LogP contribution >= 0.6 is 0 Å². The number of rotatable bonds is 10. The first-order valence-electron chi connectivity index (χ1n) is 7.92. The van der Waals surface area contributed by atoms with Gasteiger partial charge in [-0.15, -0.1) is 0 Å². The van der Waals surface area contributed by atoms with Gasteiger partial charge in [0.1, 0.15) is 0 Å². The summed E-state index contributed by atoms with van der Waals surface area (Å²) in [4.78, 5) is 12.4. The van der Waals surface area contributed by atoms with E-state index in [-0.39, 0.29) is 16.8 Å². The molecule has 1 aromatic carbocycles. The molecule has 1 saturated carbocycles. The zero-order valence-corrected chi connectivity index (χ0v) is 14.8. The molecule has 1 aliphatic carbocycles. The van der Waals surface area contributed by atoms with Crippen molar-refractivity contribution in [3.63, 3.8) is 0 Å². The number of sulfonamides is 1. The molecule has 0 unspecified atom stereocenters. The number of amides is 1. The average Bonchev–Trinajstić information content (AvgIpc) is 3.34. The third-order valence-corrected chi connectivity index (χ3v) is 5.15. The molecule has 2 N–H and O–H groups in total. The molecule has 1 aromatic rings. The van der Waals surface area contributed by atoms with Gasteiger partial charge in [0.25, 0.3) is 5.91 Å². The first-order chi connectivity index (χ1) is 11.4. The predicted molar refractivity (Wildman–Crippen MR) is 89.6 cm³/mol. The summed E-state index contributed by atoms with van der Waals surface area (Å²) in [5.74, 6) is -0.314. The van der Waals surface area contributed by atoms with Gasteiger partial charge >= 0.3 is 0 Å². The Morgan fingerprint density at radius 2 is 2.00 bits per heavy atom. The second-order valence-electron chi connectivity index (χ2n) is 5.73. The molecule has 0 bridgehead atoms. The van der Waals surface area contributed by atoms with Gasteiger partial charge in [-0.1, -0.05) is 6.07 Å². The molecule has 2 rings (SSSR count). The molecule has 0 heterocycles. The number of methoxy groups -OCH3 is 1. The van der Waals surface area contributed by atoms with E-state index in [1.165, 1.54) is 12.1 Å². The average molecular weight is 356 g/mol. The number of carbonyl (C=O) groups excluding carboxylic acids is 1. The van der Waals surface area contributed by atoms with Crippen LogP contribution in [0.4, 0.5) is 0 Å². The Labute approximate surface area is 142 Å². The second kappa shape index (κ2) is 8.57. The highest BCUT2D eigenvalue weighted by Gasteiger charge is 2.28. The number of hydrogen-bond donors (Lipinski definition) is 2. The zero-order valence-electron chi connectivity index (χ0n) is 14.0. The van der Waals surface area contributed by atoms with E-state index in [0.29, 0.717) is 31.9 Å². The van der Waals surface area contributed by atoms with Gasteiger partial charge in [-0.2, -0.15) is 0 Å². The second-order valence-corrected chi connectivity index (χ2v) is 7.45. The van der Waals surface area contributed by atoms with Crippen LogP contribution in [0.5, 0.6) is 0 Å². The fraction of sp³-hybridized carbons (Fsp3) is 0.562. The van der Waals surface area contributed by atoms with Crippen LogP contribution in [0.2, 0.25) is 0 Å². The van der Waals surface area contributed by atoms with Crippen molar-refractivity contribution in [2.75, 3.05) is 33.5 Å². The lowest BCUT2D eigenvalue weighted by Crippen LogP contribution is -2.29.